The van der Waals surface area contributed by atoms with Crippen LogP contribution in [-0.2, 0) is 9.53 Å². The van der Waals surface area contributed by atoms with E-state index in [1.165, 1.54) is 19.3 Å². The van der Waals surface area contributed by atoms with Crippen LogP contribution in [0.25, 0.3) is 0 Å². The van der Waals surface area contributed by atoms with Crippen LogP contribution in [0.15, 0.2) is 0 Å². The number of hydrogen-bond donors (Lipinski definition) is 1. The van der Waals surface area contributed by atoms with Crippen LogP contribution in [0.1, 0.15) is 39.0 Å². The Balaban J connectivity index is 2.02. The SMILES string of the molecule is CC1(CN)CN(C2CCCCC2)C(=O)CO1. The predicted octanol–water partition coefficient (Wildman–Crippen LogP) is 0.895. The summed E-state index contributed by atoms with van der Waals surface area (Å²) in [6.07, 6.45) is 6.09. The zero-order valence-electron chi connectivity index (χ0n) is 10.1. The molecule has 0 aromatic heterocycles. The summed E-state index contributed by atoms with van der Waals surface area (Å²) in [6, 6.07) is 0.427. The molecule has 0 radical (unpaired) electrons. The summed E-state index contributed by atoms with van der Waals surface area (Å²) < 4.78 is 5.53. The van der Waals surface area contributed by atoms with Gasteiger partial charge in [0.25, 0.3) is 0 Å². The van der Waals surface area contributed by atoms with Crippen molar-refractivity contribution in [2.45, 2.75) is 50.7 Å². The number of amides is 1. The topological polar surface area (TPSA) is 55.6 Å². The van der Waals surface area contributed by atoms with E-state index < -0.39 is 0 Å². The van der Waals surface area contributed by atoms with Gasteiger partial charge in [-0.2, -0.15) is 0 Å². The minimum Gasteiger partial charge on any atom is -0.362 e. The summed E-state index contributed by atoms with van der Waals surface area (Å²) in [5.41, 5.74) is 5.37. The van der Waals surface area contributed by atoms with Crippen molar-refractivity contribution < 1.29 is 9.53 Å². The minimum atomic E-state index is -0.342. The van der Waals surface area contributed by atoms with Crippen LogP contribution in [-0.4, -0.2) is 42.1 Å². The molecule has 1 saturated carbocycles. The van der Waals surface area contributed by atoms with E-state index in [4.69, 9.17) is 10.5 Å². The largest absolute Gasteiger partial charge is 0.362 e. The fraction of sp³-hybridized carbons (Fsp3) is 0.917. The molecule has 1 aliphatic heterocycles. The Morgan fingerprint density at radius 3 is 2.75 bits per heavy atom. The van der Waals surface area contributed by atoms with E-state index in [0.717, 1.165) is 12.8 Å². The summed E-state index contributed by atoms with van der Waals surface area (Å²) in [6.45, 7) is 3.33. The predicted molar refractivity (Wildman–Crippen MR) is 62.0 cm³/mol. The molecule has 1 saturated heterocycles. The van der Waals surface area contributed by atoms with Gasteiger partial charge in [0.15, 0.2) is 0 Å². The average Bonchev–Trinajstić information content (AvgIpc) is 2.34. The van der Waals surface area contributed by atoms with Crippen molar-refractivity contribution in [2.24, 2.45) is 5.73 Å². The number of nitrogens with two attached hydrogens (primary N) is 1. The number of carbonyl (C=O) groups is 1. The number of ether oxygens (including phenoxy) is 1. The van der Waals surface area contributed by atoms with Crippen LogP contribution in [0.3, 0.4) is 0 Å². The van der Waals surface area contributed by atoms with Crippen molar-refractivity contribution in [3.05, 3.63) is 0 Å². The van der Waals surface area contributed by atoms with Crippen LogP contribution >= 0.6 is 0 Å². The Labute approximate surface area is 97.1 Å². The molecular formula is C12H22N2O2. The third-order valence-corrected chi connectivity index (χ3v) is 3.82. The molecule has 4 nitrogen and oxygen atoms in total. The second-order valence-corrected chi connectivity index (χ2v) is 5.26. The standard InChI is InChI=1S/C12H22N2O2/c1-12(8-13)9-14(11(15)7-16-12)10-5-3-2-4-6-10/h10H,2-9,13H2,1H3. The molecule has 1 atom stereocenters. The van der Waals surface area contributed by atoms with Crippen LogP contribution in [0.2, 0.25) is 0 Å². The van der Waals surface area contributed by atoms with Crippen molar-refractivity contribution in [1.82, 2.24) is 4.90 Å². The van der Waals surface area contributed by atoms with E-state index in [0.29, 0.717) is 19.1 Å². The molecule has 0 aromatic carbocycles. The lowest BCUT2D eigenvalue weighted by molar-refractivity contribution is -0.164. The second kappa shape index (κ2) is 4.72. The highest BCUT2D eigenvalue weighted by Crippen LogP contribution is 2.27. The van der Waals surface area contributed by atoms with E-state index in [2.05, 4.69) is 0 Å². The molecule has 1 heterocycles. The van der Waals surface area contributed by atoms with Gasteiger partial charge in [0, 0.05) is 12.6 Å². The van der Waals surface area contributed by atoms with Crippen LogP contribution in [0, 0.1) is 0 Å². The molecule has 0 spiro atoms. The molecule has 1 amide bonds. The Hall–Kier alpha value is -0.610. The van der Waals surface area contributed by atoms with Gasteiger partial charge in [-0.15, -0.1) is 0 Å². The first kappa shape index (κ1) is 11.9. The monoisotopic (exact) mass is 226 g/mol. The molecule has 0 bridgehead atoms. The first-order chi connectivity index (χ1) is 7.64. The number of hydrogen-bond acceptors (Lipinski definition) is 3. The van der Waals surface area contributed by atoms with Crippen LogP contribution < -0.4 is 5.73 Å². The highest BCUT2D eigenvalue weighted by molar-refractivity contribution is 5.78. The lowest BCUT2D eigenvalue weighted by atomic mass is 9.92. The van der Waals surface area contributed by atoms with Crippen molar-refractivity contribution in [2.75, 3.05) is 19.7 Å². The lowest BCUT2D eigenvalue weighted by Gasteiger charge is -2.44. The Bertz CT molecular complexity index is 264. The highest BCUT2D eigenvalue weighted by Gasteiger charge is 2.38. The number of carbonyl (C=O) groups excluding carboxylic acids is 1. The molecule has 16 heavy (non-hydrogen) atoms. The van der Waals surface area contributed by atoms with E-state index in [1.54, 1.807) is 0 Å². The summed E-state index contributed by atoms with van der Waals surface area (Å²) >= 11 is 0. The minimum absolute atomic E-state index is 0.137. The fourth-order valence-electron chi connectivity index (χ4n) is 2.66. The third-order valence-electron chi connectivity index (χ3n) is 3.82. The average molecular weight is 226 g/mol. The molecule has 2 rings (SSSR count). The third kappa shape index (κ3) is 2.38. The molecule has 1 unspecified atom stereocenters. The van der Waals surface area contributed by atoms with Gasteiger partial charge in [-0.1, -0.05) is 19.3 Å². The van der Waals surface area contributed by atoms with Crippen molar-refractivity contribution >= 4 is 5.91 Å². The van der Waals surface area contributed by atoms with Crippen molar-refractivity contribution in [3.8, 4) is 0 Å². The summed E-state index contributed by atoms with van der Waals surface area (Å²) in [7, 11) is 0. The molecule has 2 fully saturated rings. The molecule has 2 aliphatic rings. The van der Waals surface area contributed by atoms with E-state index in [9.17, 15) is 4.79 Å². The molecule has 92 valence electrons. The smallest absolute Gasteiger partial charge is 0.248 e. The first-order valence-corrected chi connectivity index (χ1v) is 6.28. The summed E-state index contributed by atoms with van der Waals surface area (Å²) in [5.74, 6) is 0.137. The summed E-state index contributed by atoms with van der Waals surface area (Å²) in [5, 5.41) is 0. The van der Waals surface area contributed by atoms with E-state index >= 15 is 0 Å². The van der Waals surface area contributed by atoms with Gasteiger partial charge in [-0.3, -0.25) is 4.79 Å². The van der Waals surface area contributed by atoms with Crippen LogP contribution in [0.5, 0.6) is 0 Å². The van der Waals surface area contributed by atoms with Gasteiger partial charge in [0.1, 0.15) is 6.61 Å². The molecule has 4 heteroatoms. The Morgan fingerprint density at radius 1 is 1.44 bits per heavy atom. The van der Waals surface area contributed by atoms with Crippen molar-refractivity contribution in [3.63, 3.8) is 0 Å². The Kier molecular flexibility index (Phi) is 3.50. The number of rotatable bonds is 2. The van der Waals surface area contributed by atoms with Gasteiger partial charge in [0.2, 0.25) is 5.91 Å². The van der Waals surface area contributed by atoms with E-state index in [-0.39, 0.29) is 18.1 Å². The molecule has 2 N–H and O–H groups in total. The summed E-state index contributed by atoms with van der Waals surface area (Å²) in [4.78, 5) is 13.9. The van der Waals surface area contributed by atoms with Gasteiger partial charge in [0.05, 0.1) is 12.1 Å². The number of morpholine rings is 1. The molecule has 0 aromatic rings. The van der Waals surface area contributed by atoms with Gasteiger partial charge in [-0.25, -0.2) is 0 Å². The maximum atomic E-state index is 11.9. The fourth-order valence-corrected chi connectivity index (χ4v) is 2.66. The highest BCUT2D eigenvalue weighted by atomic mass is 16.5. The zero-order valence-corrected chi connectivity index (χ0v) is 10.1. The van der Waals surface area contributed by atoms with Gasteiger partial charge < -0.3 is 15.4 Å². The maximum Gasteiger partial charge on any atom is 0.248 e. The second-order valence-electron chi connectivity index (χ2n) is 5.26. The molecule has 1 aliphatic carbocycles. The first-order valence-electron chi connectivity index (χ1n) is 6.28. The van der Waals surface area contributed by atoms with Gasteiger partial charge >= 0.3 is 0 Å². The zero-order chi connectivity index (χ0) is 11.6. The maximum absolute atomic E-state index is 11.9. The van der Waals surface area contributed by atoms with Gasteiger partial charge in [-0.05, 0) is 19.8 Å². The number of nitrogens with zero attached hydrogens (tertiary/aromatic N) is 1. The Morgan fingerprint density at radius 2 is 2.12 bits per heavy atom. The lowest BCUT2D eigenvalue weighted by Crippen LogP contribution is -2.59. The van der Waals surface area contributed by atoms with Crippen LogP contribution in [0.4, 0.5) is 0 Å². The van der Waals surface area contributed by atoms with E-state index in [1.807, 2.05) is 11.8 Å². The van der Waals surface area contributed by atoms with Crippen molar-refractivity contribution in [1.29, 1.82) is 0 Å². The molecular weight excluding hydrogens is 204 g/mol. The normalized spacial score (nSPS) is 33.1. The quantitative estimate of drug-likeness (QED) is 0.761.